The number of ether oxygens (including phenoxy) is 1. The Balaban J connectivity index is 0.00000200. The van der Waals surface area contributed by atoms with Crippen LogP contribution in [0.1, 0.15) is 39.5 Å². The van der Waals surface area contributed by atoms with Crippen LogP contribution in [0.2, 0.25) is 0 Å². The highest BCUT2D eigenvalue weighted by Gasteiger charge is 2.46. The Kier molecular flexibility index (Phi) is 9.12. The van der Waals surface area contributed by atoms with Gasteiger partial charge < -0.3 is 20.7 Å². The van der Waals surface area contributed by atoms with Gasteiger partial charge in [-0.15, -0.1) is 24.8 Å². The first-order chi connectivity index (χ1) is 8.99. The SMILES string of the molecule is CC(C)OCCN1CCC(NC(=O)C2(N)CC2)CC1.Cl.Cl. The molecule has 0 unspecified atom stereocenters. The van der Waals surface area contributed by atoms with E-state index in [2.05, 4.69) is 24.1 Å². The third kappa shape index (κ3) is 6.70. The monoisotopic (exact) mass is 341 g/mol. The van der Waals surface area contributed by atoms with Crippen molar-refractivity contribution in [1.29, 1.82) is 0 Å². The van der Waals surface area contributed by atoms with E-state index >= 15 is 0 Å². The maximum atomic E-state index is 11.9. The Morgan fingerprint density at radius 3 is 2.38 bits per heavy atom. The predicted octanol–water partition coefficient (Wildman–Crippen LogP) is 1.33. The first-order valence-electron chi connectivity index (χ1n) is 7.43. The quantitative estimate of drug-likeness (QED) is 0.764. The summed E-state index contributed by atoms with van der Waals surface area (Å²) in [5.74, 6) is 0.0501. The lowest BCUT2D eigenvalue weighted by Crippen LogP contribution is -2.51. The minimum atomic E-state index is -0.539. The summed E-state index contributed by atoms with van der Waals surface area (Å²) in [4.78, 5) is 14.3. The van der Waals surface area contributed by atoms with Crippen LogP contribution < -0.4 is 11.1 Å². The number of amides is 1. The van der Waals surface area contributed by atoms with E-state index in [9.17, 15) is 4.79 Å². The van der Waals surface area contributed by atoms with Crippen LogP contribution in [-0.2, 0) is 9.53 Å². The van der Waals surface area contributed by atoms with E-state index in [0.29, 0.717) is 12.1 Å². The average molecular weight is 342 g/mol. The first kappa shape index (κ1) is 20.9. The van der Waals surface area contributed by atoms with Crippen LogP contribution in [0.25, 0.3) is 0 Å². The molecule has 2 aliphatic rings. The van der Waals surface area contributed by atoms with Crippen molar-refractivity contribution in [3.63, 3.8) is 0 Å². The molecule has 0 atom stereocenters. The van der Waals surface area contributed by atoms with Gasteiger partial charge in [0.2, 0.25) is 5.91 Å². The molecule has 0 aromatic rings. The Morgan fingerprint density at radius 1 is 1.33 bits per heavy atom. The largest absolute Gasteiger partial charge is 0.377 e. The van der Waals surface area contributed by atoms with Gasteiger partial charge in [0, 0.05) is 25.7 Å². The maximum absolute atomic E-state index is 11.9. The third-order valence-corrected chi connectivity index (χ3v) is 4.02. The topological polar surface area (TPSA) is 67.6 Å². The second kappa shape index (κ2) is 9.16. The molecule has 0 radical (unpaired) electrons. The average Bonchev–Trinajstić information content (AvgIpc) is 3.10. The zero-order chi connectivity index (χ0) is 13.9. The van der Waals surface area contributed by atoms with Gasteiger partial charge in [-0.05, 0) is 39.5 Å². The number of nitrogens with zero attached hydrogens (tertiary/aromatic N) is 1. The highest BCUT2D eigenvalue weighted by molar-refractivity contribution is 5.89. The zero-order valence-electron chi connectivity index (χ0n) is 13.0. The number of hydrogen-bond acceptors (Lipinski definition) is 4. The molecule has 1 aliphatic heterocycles. The van der Waals surface area contributed by atoms with Crippen molar-refractivity contribution in [2.24, 2.45) is 5.73 Å². The van der Waals surface area contributed by atoms with Gasteiger partial charge in [-0.3, -0.25) is 4.79 Å². The Labute approximate surface area is 140 Å². The van der Waals surface area contributed by atoms with Crippen molar-refractivity contribution in [2.45, 2.75) is 57.2 Å². The number of nitrogens with two attached hydrogens (primary N) is 1. The van der Waals surface area contributed by atoms with E-state index in [1.54, 1.807) is 0 Å². The summed E-state index contributed by atoms with van der Waals surface area (Å²) in [6.45, 7) is 7.96. The normalized spacial score (nSPS) is 21.3. The van der Waals surface area contributed by atoms with Crippen LogP contribution in [0.4, 0.5) is 0 Å². The molecule has 3 N–H and O–H groups in total. The van der Waals surface area contributed by atoms with E-state index in [-0.39, 0.29) is 30.7 Å². The molecule has 0 aromatic heterocycles. The van der Waals surface area contributed by atoms with Crippen LogP contribution in [0.5, 0.6) is 0 Å². The summed E-state index contributed by atoms with van der Waals surface area (Å²) < 4.78 is 5.56. The zero-order valence-corrected chi connectivity index (χ0v) is 14.6. The summed E-state index contributed by atoms with van der Waals surface area (Å²) in [5.41, 5.74) is 5.35. The smallest absolute Gasteiger partial charge is 0.240 e. The molecule has 1 saturated carbocycles. The minimum Gasteiger partial charge on any atom is -0.377 e. The van der Waals surface area contributed by atoms with E-state index in [1.165, 1.54) is 0 Å². The fourth-order valence-electron chi connectivity index (χ4n) is 2.41. The fourth-order valence-corrected chi connectivity index (χ4v) is 2.41. The Bertz CT molecular complexity index is 317. The van der Waals surface area contributed by atoms with Crippen molar-refractivity contribution < 1.29 is 9.53 Å². The summed E-state index contributed by atoms with van der Waals surface area (Å²) in [6, 6.07) is 0.302. The van der Waals surface area contributed by atoms with Crippen molar-refractivity contribution in [3.8, 4) is 0 Å². The van der Waals surface area contributed by atoms with Gasteiger partial charge in [-0.2, -0.15) is 0 Å². The highest BCUT2D eigenvalue weighted by Crippen LogP contribution is 2.32. The van der Waals surface area contributed by atoms with E-state index in [4.69, 9.17) is 10.5 Å². The first-order valence-corrected chi connectivity index (χ1v) is 7.43. The van der Waals surface area contributed by atoms with Crippen LogP contribution >= 0.6 is 24.8 Å². The lowest BCUT2D eigenvalue weighted by molar-refractivity contribution is -0.124. The standard InChI is InChI=1S/C14H27N3O2.2ClH/c1-11(2)19-10-9-17-7-3-12(4-8-17)16-13(18)14(15)5-6-14;;/h11-12H,3-10,15H2,1-2H3,(H,16,18);2*1H. The van der Waals surface area contributed by atoms with E-state index in [1.807, 2.05) is 0 Å². The summed E-state index contributed by atoms with van der Waals surface area (Å²) in [5, 5.41) is 3.09. The summed E-state index contributed by atoms with van der Waals surface area (Å²) in [7, 11) is 0. The minimum absolute atomic E-state index is 0. The number of carbonyl (C=O) groups is 1. The molecule has 5 nitrogen and oxygen atoms in total. The summed E-state index contributed by atoms with van der Waals surface area (Å²) >= 11 is 0. The maximum Gasteiger partial charge on any atom is 0.240 e. The van der Waals surface area contributed by atoms with Gasteiger partial charge >= 0.3 is 0 Å². The number of nitrogens with one attached hydrogen (secondary N) is 1. The predicted molar refractivity (Wildman–Crippen MR) is 89.3 cm³/mol. The van der Waals surface area contributed by atoms with E-state index in [0.717, 1.165) is 51.9 Å². The molecule has 1 amide bonds. The van der Waals surface area contributed by atoms with Gasteiger partial charge in [0.1, 0.15) is 0 Å². The molecule has 2 fully saturated rings. The van der Waals surface area contributed by atoms with Gasteiger partial charge in [0.15, 0.2) is 0 Å². The number of likely N-dealkylation sites (tertiary alicyclic amines) is 1. The lowest BCUT2D eigenvalue weighted by atomic mass is 10.0. The van der Waals surface area contributed by atoms with Crippen LogP contribution in [-0.4, -0.2) is 54.7 Å². The fraction of sp³-hybridized carbons (Fsp3) is 0.929. The molecule has 1 aliphatic carbocycles. The van der Waals surface area contributed by atoms with E-state index < -0.39 is 5.54 Å². The van der Waals surface area contributed by atoms with Crippen LogP contribution in [0, 0.1) is 0 Å². The van der Waals surface area contributed by atoms with Gasteiger partial charge in [-0.25, -0.2) is 0 Å². The number of carbonyl (C=O) groups excluding carboxylic acids is 1. The second-order valence-electron chi connectivity index (χ2n) is 6.17. The molecule has 0 aromatic carbocycles. The molecular formula is C14H29Cl2N3O2. The number of hydrogen-bond donors (Lipinski definition) is 2. The highest BCUT2D eigenvalue weighted by atomic mass is 35.5. The molecule has 7 heteroatoms. The Hall–Kier alpha value is -0.0700. The van der Waals surface area contributed by atoms with Crippen molar-refractivity contribution in [2.75, 3.05) is 26.2 Å². The summed E-state index contributed by atoms with van der Waals surface area (Å²) in [6.07, 6.45) is 4.01. The molecular weight excluding hydrogens is 313 g/mol. The number of piperidine rings is 1. The molecule has 0 spiro atoms. The lowest BCUT2D eigenvalue weighted by Gasteiger charge is -2.32. The molecule has 126 valence electrons. The molecule has 0 bridgehead atoms. The van der Waals surface area contributed by atoms with Gasteiger partial charge in [0.25, 0.3) is 0 Å². The van der Waals surface area contributed by atoms with Crippen LogP contribution in [0.15, 0.2) is 0 Å². The van der Waals surface area contributed by atoms with Gasteiger partial charge in [-0.1, -0.05) is 0 Å². The molecule has 1 saturated heterocycles. The van der Waals surface area contributed by atoms with Crippen molar-refractivity contribution >= 4 is 30.7 Å². The third-order valence-electron chi connectivity index (χ3n) is 4.02. The molecule has 21 heavy (non-hydrogen) atoms. The van der Waals surface area contributed by atoms with Gasteiger partial charge in [0.05, 0.1) is 18.2 Å². The molecule has 1 heterocycles. The Morgan fingerprint density at radius 2 is 1.90 bits per heavy atom. The molecule has 2 rings (SSSR count). The van der Waals surface area contributed by atoms with Crippen molar-refractivity contribution in [1.82, 2.24) is 10.2 Å². The number of rotatable bonds is 6. The second-order valence-corrected chi connectivity index (χ2v) is 6.17. The van der Waals surface area contributed by atoms with Crippen molar-refractivity contribution in [3.05, 3.63) is 0 Å². The van der Waals surface area contributed by atoms with Crippen LogP contribution in [0.3, 0.4) is 0 Å². The number of halogens is 2.